The van der Waals surface area contributed by atoms with E-state index in [0.717, 1.165) is 22.3 Å². The van der Waals surface area contributed by atoms with Gasteiger partial charge < -0.3 is 18.9 Å². The maximum atomic E-state index is 13.6. The lowest BCUT2D eigenvalue weighted by molar-refractivity contribution is 0.0683. The Morgan fingerprint density at radius 3 is 2.55 bits per heavy atom. The minimum absolute atomic E-state index is 0.192. The molecule has 0 bridgehead atoms. The first-order valence-electron chi connectivity index (χ1n) is 10.7. The molecule has 7 nitrogen and oxygen atoms in total. The zero-order chi connectivity index (χ0) is 22.8. The van der Waals surface area contributed by atoms with E-state index in [4.69, 9.17) is 14.0 Å². The third kappa shape index (κ3) is 3.82. The highest BCUT2D eigenvalue weighted by Crippen LogP contribution is 2.41. The predicted molar refractivity (Wildman–Crippen MR) is 122 cm³/mol. The molecule has 1 atom stereocenters. The Morgan fingerprint density at radius 2 is 1.82 bits per heavy atom. The summed E-state index contributed by atoms with van der Waals surface area (Å²) < 4.78 is 16.5. The summed E-state index contributed by atoms with van der Waals surface area (Å²) in [5.74, 6) is 1.63. The van der Waals surface area contributed by atoms with Gasteiger partial charge in [0.15, 0.2) is 23.0 Å². The van der Waals surface area contributed by atoms with E-state index in [1.807, 2.05) is 59.5 Å². The van der Waals surface area contributed by atoms with Crippen LogP contribution in [0.5, 0.6) is 11.5 Å². The van der Waals surface area contributed by atoms with Crippen LogP contribution in [0.3, 0.4) is 0 Å². The first-order valence-corrected chi connectivity index (χ1v) is 10.7. The number of aromatic nitrogens is 2. The van der Waals surface area contributed by atoms with Gasteiger partial charge in [0.05, 0.1) is 20.3 Å². The lowest BCUT2D eigenvalue weighted by Crippen LogP contribution is -2.40. The van der Waals surface area contributed by atoms with Gasteiger partial charge in [-0.15, -0.1) is 0 Å². The van der Waals surface area contributed by atoms with Crippen molar-refractivity contribution < 1.29 is 18.8 Å². The highest BCUT2D eigenvalue weighted by molar-refractivity contribution is 5.94. The fraction of sp³-hybridized carbons (Fsp3) is 0.192. The van der Waals surface area contributed by atoms with E-state index in [1.165, 1.54) is 0 Å². The van der Waals surface area contributed by atoms with E-state index in [2.05, 4.69) is 10.1 Å². The van der Waals surface area contributed by atoms with Gasteiger partial charge in [-0.2, -0.15) is 0 Å². The standard InChI is InChI=1S/C26H23N3O4/c1-31-23-13-18-10-12-29(25(17-7-4-3-5-8-17)20(18)14-24(23)32-2)26(30)21-15-22(33-28-21)19-9-6-11-27-16-19/h3-9,11,13-16,25H,10,12H2,1-2H3. The van der Waals surface area contributed by atoms with Gasteiger partial charge in [-0.25, -0.2) is 0 Å². The minimum atomic E-state index is -0.291. The molecule has 2 aromatic heterocycles. The molecule has 166 valence electrons. The number of amides is 1. The molecular formula is C26H23N3O4. The molecule has 5 rings (SSSR count). The number of nitrogens with zero attached hydrogens (tertiary/aromatic N) is 3. The van der Waals surface area contributed by atoms with Crippen molar-refractivity contribution in [1.29, 1.82) is 0 Å². The predicted octanol–water partition coefficient (Wildman–Crippen LogP) is 4.54. The summed E-state index contributed by atoms with van der Waals surface area (Å²) in [6.07, 6.45) is 4.06. The number of hydrogen-bond acceptors (Lipinski definition) is 6. The van der Waals surface area contributed by atoms with Crippen molar-refractivity contribution in [1.82, 2.24) is 15.0 Å². The molecule has 0 aliphatic carbocycles. The Balaban J connectivity index is 1.56. The number of benzene rings is 2. The van der Waals surface area contributed by atoms with Crippen molar-refractivity contribution in [3.63, 3.8) is 0 Å². The first-order chi connectivity index (χ1) is 16.2. The van der Waals surface area contributed by atoms with Crippen LogP contribution in [0.15, 0.2) is 77.6 Å². The number of carbonyl (C=O) groups is 1. The van der Waals surface area contributed by atoms with Gasteiger partial charge in [0.1, 0.15) is 0 Å². The van der Waals surface area contributed by atoms with Crippen molar-refractivity contribution in [2.45, 2.75) is 12.5 Å². The number of pyridine rings is 1. The smallest absolute Gasteiger partial charge is 0.276 e. The molecule has 1 amide bonds. The zero-order valence-electron chi connectivity index (χ0n) is 18.4. The van der Waals surface area contributed by atoms with Crippen LogP contribution in [0.4, 0.5) is 0 Å². The van der Waals surface area contributed by atoms with E-state index in [0.29, 0.717) is 30.2 Å². The Hall–Kier alpha value is -4.13. The maximum Gasteiger partial charge on any atom is 0.276 e. The molecule has 3 heterocycles. The molecule has 2 aromatic carbocycles. The molecule has 1 unspecified atom stereocenters. The van der Waals surface area contributed by atoms with Crippen molar-refractivity contribution in [2.24, 2.45) is 0 Å². The SMILES string of the molecule is COc1cc2c(cc1OC)C(c1ccccc1)N(C(=O)c1cc(-c3cccnc3)on1)CC2. The lowest BCUT2D eigenvalue weighted by atomic mass is 9.87. The highest BCUT2D eigenvalue weighted by atomic mass is 16.5. The van der Waals surface area contributed by atoms with Crippen molar-refractivity contribution in [2.75, 3.05) is 20.8 Å². The highest BCUT2D eigenvalue weighted by Gasteiger charge is 2.35. The Labute approximate surface area is 191 Å². The van der Waals surface area contributed by atoms with Gasteiger partial charge in [0, 0.05) is 30.6 Å². The number of fused-ring (bicyclic) bond motifs is 1. The van der Waals surface area contributed by atoms with E-state index in [1.54, 1.807) is 32.7 Å². The number of rotatable bonds is 5. The van der Waals surface area contributed by atoms with Gasteiger partial charge in [0.2, 0.25) is 0 Å². The van der Waals surface area contributed by atoms with E-state index in [9.17, 15) is 4.79 Å². The molecule has 0 fully saturated rings. The Kier molecular flexibility index (Phi) is 5.52. The number of methoxy groups -OCH3 is 2. The van der Waals surface area contributed by atoms with Crippen molar-refractivity contribution in [3.8, 4) is 22.8 Å². The van der Waals surface area contributed by atoms with Gasteiger partial charge in [0.25, 0.3) is 5.91 Å². The normalized spacial score (nSPS) is 15.1. The van der Waals surface area contributed by atoms with Gasteiger partial charge >= 0.3 is 0 Å². The summed E-state index contributed by atoms with van der Waals surface area (Å²) in [5, 5.41) is 4.07. The molecule has 1 aliphatic heterocycles. The number of carbonyl (C=O) groups excluding carboxylic acids is 1. The molecule has 1 aliphatic rings. The van der Waals surface area contributed by atoms with E-state index >= 15 is 0 Å². The van der Waals surface area contributed by atoms with E-state index < -0.39 is 0 Å². The fourth-order valence-electron chi connectivity index (χ4n) is 4.33. The minimum Gasteiger partial charge on any atom is -0.493 e. The summed E-state index contributed by atoms with van der Waals surface area (Å²) in [4.78, 5) is 19.6. The largest absolute Gasteiger partial charge is 0.493 e. The molecule has 0 saturated carbocycles. The van der Waals surface area contributed by atoms with Crippen LogP contribution in [0.2, 0.25) is 0 Å². The van der Waals surface area contributed by atoms with Gasteiger partial charge in [-0.05, 0) is 47.4 Å². The average Bonchev–Trinajstić information content (AvgIpc) is 3.38. The van der Waals surface area contributed by atoms with Crippen molar-refractivity contribution >= 4 is 5.91 Å². The fourth-order valence-corrected chi connectivity index (χ4v) is 4.33. The molecule has 0 N–H and O–H groups in total. The lowest BCUT2D eigenvalue weighted by Gasteiger charge is -2.37. The molecule has 4 aromatic rings. The van der Waals surface area contributed by atoms with Gasteiger partial charge in [-0.3, -0.25) is 9.78 Å². The molecule has 0 saturated heterocycles. The third-order valence-electron chi connectivity index (χ3n) is 5.93. The molecule has 33 heavy (non-hydrogen) atoms. The monoisotopic (exact) mass is 441 g/mol. The summed E-state index contributed by atoms with van der Waals surface area (Å²) in [6, 6.07) is 19.0. The Bertz CT molecular complexity index is 1270. The van der Waals surface area contributed by atoms with Crippen LogP contribution in [0, 0.1) is 0 Å². The van der Waals surface area contributed by atoms with Crippen LogP contribution < -0.4 is 9.47 Å². The molecule has 0 spiro atoms. The molecule has 0 radical (unpaired) electrons. The molecular weight excluding hydrogens is 418 g/mol. The maximum absolute atomic E-state index is 13.6. The van der Waals surface area contributed by atoms with Gasteiger partial charge in [-0.1, -0.05) is 35.5 Å². The van der Waals surface area contributed by atoms with E-state index in [-0.39, 0.29) is 17.6 Å². The summed E-state index contributed by atoms with van der Waals surface area (Å²) in [5.41, 5.74) is 4.18. The summed E-state index contributed by atoms with van der Waals surface area (Å²) in [6.45, 7) is 0.538. The summed E-state index contributed by atoms with van der Waals surface area (Å²) in [7, 11) is 3.24. The second-order valence-corrected chi connectivity index (χ2v) is 7.79. The zero-order valence-corrected chi connectivity index (χ0v) is 18.4. The Morgan fingerprint density at radius 1 is 1.03 bits per heavy atom. The van der Waals surface area contributed by atoms with Crippen LogP contribution >= 0.6 is 0 Å². The molecule has 7 heteroatoms. The quantitative estimate of drug-likeness (QED) is 0.452. The van der Waals surface area contributed by atoms with Crippen molar-refractivity contribution in [3.05, 3.63) is 95.4 Å². The average molecular weight is 441 g/mol. The van der Waals surface area contributed by atoms with Crippen LogP contribution in [-0.2, 0) is 6.42 Å². The van der Waals surface area contributed by atoms with Crippen LogP contribution in [-0.4, -0.2) is 41.7 Å². The topological polar surface area (TPSA) is 77.7 Å². The van der Waals surface area contributed by atoms with Crippen LogP contribution in [0.25, 0.3) is 11.3 Å². The summed E-state index contributed by atoms with van der Waals surface area (Å²) >= 11 is 0. The third-order valence-corrected chi connectivity index (χ3v) is 5.93. The first kappa shape index (κ1) is 20.8. The van der Waals surface area contributed by atoms with Crippen LogP contribution in [0.1, 0.15) is 33.2 Å². The number of hydrogen-bond donors (Lipinski definition) is 0. The second-order valence-electron chi connectivity index (χ2n) is 7.79. The second kappa shape index (κ2) is 8.78. The number of ether oxygens (including phenoxy) is 2.